The number of hydrogen-bond acceptors (Lipinski definition) is 6. The highest BCUT2D eigenvalue weighted by molar-refractivity contribution is 6.00. The van der Waals surface area contributed by atoms with Gasteiger partial charge in [0.2, 0.25) is 5.89 Å². The van der Waals surface area contributed by atoms with Crippen molar-refractivity contribution in [3.8, 4) is 28.5 Å². The molecule has 1 N–H and O–H groups in total. The van der Waals surface area contributed by atoms with Crippen LogP contribution in [-0.4, -0.2) is 55.2 Å². The number of hydrogen-bond donors (Lipinski definition) is 1. The van der Waals surface area contributed by atoms with Crippen LogP contribution in [0.2, 0.25) is 0 Å². The Morgan fingerprint density at radius 3 is 2.68 bits per heavy atom. The smallest absolute Gasteiger partial charge is 0.252 e. The summed E-state index contributed by atoms with van der Waals surface area (Å²) in [4.78, 5) is 19.9. The minimum atomic E-state index is -0.190. The fourth-order valence-corrected chi connectivity index (χ4v) is 4.26. The first kappa shape index (κ1) is 24.7. The highest BCUT2D eigenvalue weighted by atomic mass is 16.5. The molecule has 0 radical (unpaired) electrons. The van der Waals surface area contributed by atoms with E-state index in [0.29, 0.717) is 35.9 Å². The molecule has 5 rings (SSSR count). The Kier molecular flexibility index (Phi) is 7.93. The normalized spacial score (nSPS) is 13.9. The molecule has 3 aromatic carbocycles. The molecular formula is C30H31N3O4. The molecule has 0 unspecified atom stereocenters. The molecule has 7 nitrogen and oxygen atoms in total. The molecule has 0 bridgehead atoms. The van der Waals surface area contributed by atoms with Crippen LogP contribution in [0.1, 0.15) is 21.5 Å². The van der Waals surface area contributed by atoms with Crippen molar-refractivity contribution in [3.63, 3.8) is 0 Å². The number of aromatic nitrogens is 1. The molecule has 1 aromatic heterocycles. The number of rotatable bonds is 9. The van der Waals surface area contributed by atoms with Gasteiger partial charge in [0.1, 0.15) is 12.4 Å². The second-order valence-electron chi connectivity index (χ2n) is 9.07. The zero-order valence-electron chi connectivity index (χ0n) is 21.0. The van der Waals surface area contributed by atoms with E-state index in [2.05, 4.69) is 15.2 Å². The van der Waals surface area contributed by atoms with Crippen LogP contribution < -0.4 is 10.1 Å². The minimum absolute atomic E-state index is 0.190. The monoisotopic (exact) mass is 497 g/mol. The van der Waals surface area contributed by atoms with Crippen LogP contribution in [0.3, 0.4) is 0 Å². The maximum Gasteiger partial charge on any atom is 0.252 e. The van der Waals surface area contributed by atoms with E-state index in [1.54, 1.807) is 12.3 Å². The Balaban J connectivity index is 1.21. The van der Waals surface area contributed by atoms with Gasteiger partial charge in [-0.15, -0.1) is 0 Å². The van der Waals surface area contributed by atoms with Crippen LogP contribution in [-0.2, 0) is 11.3 Å². The third kappa shape index (κ3) is 6.44. The van der Waals surface area contributed by atoms with Crippen molar-refractivity contribution in [2.45, 2.75) is 13.5 Å². The van der Waals surface area contributed by atoms with Gasteiger partial charge in [0, 0.05) is 37.3 Å². The predicted octanol–water partition coefficient (Wildman–Crippen LogP) is 4.96. The molecule has 1 aliphatic rings. The second-order valence-corrected chi connectivity index (χ2v) is 9.07. The van der Waals surface area contributed by atoms with Gasteiger partial charge in [0.25, 0.3) is 5.91 Å². The summed E-state index contributed by atoms with van der Waals surface area (Å²) < 4.78 is 17.4. The molecule has 4 aromatic rings. The third-order valence-electron chi connectivity index (χ3n) is 6.38. The van der Waals surface area contributed by atoms with E-state index in [4.69, 9.17) is 13.9 Å². The lowest BCUT2D eigenvalue weighted by molar-refractivity contribution is 0.0322. The van der Waals surface area contributed by atoms with E-state index in [1.807, 2.05) is 73.7 Å². The molecule has 0 spiro atoms. The van der Waals surface area contributed by atoms with Gasteiger partial charge >= 0.3 is 0 Å². The SMILES string of the molecule is Cc1ccc(-c2cnc(-c3ccccc3C(=O)NCc3cccc(OCCN4CCOCC4)c3)o2)cc1. The largest absolute Gasteiger partial charge is 0.492 e. The van der Waals surface area contributed by atoms with Gasteiger partial charge in [-0.05, 0) is 36.8 Å². The number of amides is 1. The maximum atomic E-state index is 13.1. The van der Waals surface area contributed by atoms with Gasteiger partial charge in [0.05, 0.1) is 25.0 Å². The number of oxazole rings is 1. The van der Waals surface area contributed by atoms with Crippen molar-refractivity contribution >= 4 is 5.91 Å². The van der Waals surface area contributed by atoms with Gasteiger partial charge < -0.3 is 19.2 Å². The van der Waals surface area contributed by atoms with Crippen LogP contribution in [0.4, 0.5) is 0 Å². The van der Waals surface area contributed by atoms with Crippen LogP contribution >= 0.6 is 0 Å². The highest BCUT2D eigenvalue weighted by Crippen LogP contribution is 2.28. The first-order valence-electron chi connectivity index (χ1n) is 12.6. The molecule has 2 heterocycles. The van der Waals surface area contributed by atoms with Crippen molar-refractivity contribution in [1.82, 2.24) is 15.2 Å². The Morgan fingerprint density at radius 1 is 1.03 bits per heavy atom. The third-order valence-corrected chi connectivity index (χ3v) is 6.38. The zero-order chi connectivity index (χ0) is 25.5. The summed E-state index contributed by atoms with van der Waals surface area (Å²) in [6.45, 7) is 7.35. The quantitative estimate of drug-likeness (QED) is 0.352. The molecule has 0 atom stereocenters. The van der Waals surface area contributed by atoms with Crippen LogP contribution in [0.15, 0.2) is 83.4 Å². The average Bonchev–Trinajstić information content (AvgIpc) is 3.43. The molecule has 1 fully saturated rings. The highest BCUT2D eigenvalue weighted by Gasteiger charge is 2.17. The van der Waals surface area contributed by atoms with Crippen molar-refractivity contribution < 1.29 is 18.7 Å². The summed E-state index contributed by atoms with van der Waals surface area (Å²) in [5, 5.41) is 3.02. The molecule has 190 valence electrons. The van der Waals surface area contributed by atoms with Gasteiger partial charge in [-0.25, -0.2) is 4.98 Å². The topological polar surface area (TPSA) is 76.8 Å². The van der Waals surface area contributed by atoms with Crippen molar-refractivity contribution in [2.24, 2.45) is 0 Å². The predicted molar refractivity (Wildman–Crippen MR) is 142 cm³/mol. The van der Waals surface area contributed by atoms with E-state index < -0.39 is 0 Å². The number of carbonyl (C=O) groups is 1. The number of aryl methyl sites for hydroxylation is 1. The molecule has 0 aliphatic carbocycles. The summed E-state index contributed by atoms with van der Waals surface area (Å²) in [5.74, 6) is 1.68. The maximum absolute atomic E-state index is 13.1. The summed E-state index contributed by atoms with van der Waals surface area (Å²) in [7, 11) is 0. The number of benzene rings is 3. The number of morpholine rings is 1. The van der Waals surface area contributed by atoms with Crippen molar-refractivity contribution in [2.75, 3.05) is 39.5 Å². The Labute approximate surface area is 217 Å². The van der Waals surface area contributed by atoms with Crippen molar-refractivity contribution in [1.29, 1.82) is 0 Å². The molecular weight excluding hydrogens is 466 g/mol. The standard InChI is InChI=1S/C30H31N3O4/c1-22-9-11-24(12-10-22)28-21-32-30(37-28)27-8-3-2-7-26(27)29(34)31-20-23-5-4-6-25(19-23)36-18-15-33-13-16-35-17-14-33/h2-12,19,21H,13-18,20H2,1H3,(H,31,34). The lowest BCUT2D eigenvalue weighted by Crippen LogP contribution is -2.38. The average molecular weight is 498 g/mol. The van der Waals surface area contributed by atoms with Gasteiger partial charge in [-0.2, -0.15) is 0 Å². The lowest BCUT2D eigenvalue weighted by Gasteiger charge is -2.26. The summed E-state index contributed by atoms with van der Waals surface area (Å²) >= 11 is 0. The number of nitrogens with one attached hydrogen (secondary N) is 1. The van der Waals surface area contributed by atoms with E-state index >= 15 is 0 Å². The summed E-state index contributed by atoms with van der Waals surface area (Å²) in [6, 6.07) is 23.2. The molecule has 1 saturated heterocycles. The minimum Gasteiger partial charge on any atom is -0.492 e. The van der Waals surface area contributed by atoms with E-state index in [1.165, 1.54) is 5.56 Å². The first-order chi connectivity index (χ1) is 18.2. The molecule has 1 amide bonds. The van der Waals surface area contributed by atoms with E-state index in [9.17, 15) is 4.79 Å². The van der Waals surface area contributed by atoms with E-state index in [-0.39, 0.29) is 5.91 Å². The fraction of sp³-hybridized carbons (Fsp3) is 0.267. The number of ether oxygens (including phenoxy) is 2. The van der Waals surface area contributed by atoms with Crippen LogP contribution in [0, 0.1) is 6.92 Å². The zero-order valence-corrected chi connectivity index (χ0v) is 21.0. The fourth-order valence-electron chi connectivity index (χ4n) is 4.26. The van der Waals surface area contributed by atoms with Crippen LogP contribution in [0.5, 0.6) is 5.75 Å². The number of nitrogens with zero attached hydrogens (tertiary/aromatic N) is 2. The van der Waals surface area contributed by atoms with Gasteiger partial charge in [0.15, 0.2) is 5.76 Å². The Bertz CT molecular complexity index is 1330. The summed E-state index contributed by atoms with van der Waals surface area (Å²) in [6.07, 6.45) is 1.69. The molecule has 37 heavy (non-hydrogen) atoms. The molecule has 1 aliphatic heterocycles. The molecule has 7 heteroatoms. The Morgan fingerprint density at radius 2 is 1.84 bits per heavy atom. The van der Waals surface area contributed by atoms with Gasteiger partial charge in [-0.1, -0.05) is 54.1 Å². The first-order valence-corrected chi connectivity index (χ1v) is 12.6. The molecule has 0 saturated carbocycles. The van der Waals surface area contributed by atoms with Crippen molar-refractivity contribution in [3.05, 3.63) is 95.7 Å². The number of carbonyl (C=O) groups excluding carboxylic acids is 1. The Hall–Kier alpha value is -3.94. The van der Waals surface area contributed by atoms with Crippen LogP contribution in [0.25, 0.3) is 22.8 Å². The van der Waals surface area contributed by atoms with E-state index in [0.717, 1.165) is 49.7 Å². The lowest BCUT2D eigenvalue weighted by atomic mass is 10.1. The summed E-state index contributed by atoms with van der Waals surface area (Å²) in [5.41, 5.74) is 4.25. The second kappa shape index (κ2) is 11.9. The van der Waals surface area contributed by atoms with Gasteiger partial charge in [-0.3, -0.25) is 9.69 Å².